The van der Waals surface area contributed by atoms with E-state index in [1.54, 1.807) is 11.3 Å². The number of rotatable bonds is 3. The van der Waals surface area contributed by atoms with Crippen molar-refractivity contribution in [1.82, 2.24) is 14.5 Å². The van der Waals surface area contributed by atoms with Gasteiger partial charge < -0.3 is 10.3 Å². The predicted molar refractivity (Wildman–Crippen MR) is 74.4 cm³/mol. The molecule has 2 N–H and O–H groups in total. The number of nitrogens with zero attached hydrogens (tertiary/aromatic N) is 3. The van der Waals surface area contributed by atoms with E-state index in [0.29, 0.717) is 6.54 Å². The Morgan fingerprint density at radius 3 is 3.00 bits per heavy atom. The van der Waals surface area contributed by atoms with Gasteiger partial charge in [-0.05, 0) is 25.1 Å². The number of aryl methyl sites for hydroxylation is 1. The molecule has 0 amide bonds. The average molecular weight is 258 g/mol. The Bertz CT molecular complexity index is 683. The van der Waals surface area contributed by atoms with E-state index in [1.165, 1.54) is 0 Å². The highest BCUT2D eigenvalue weighted by atomic mass is 32.1. The normalized spacial score (nSPS) is 11.2. The van der Waals surface area contributed by atoms with Gasteiger partial charge in [-0.2, -0.15) is 0 Å². The minimum Gasteiger partial charge on any atom is -0.331 e. The summed E-state index contributed by atoms with van der Waals surface area (Å²) >= 11 is 1.62. The van der Waals surface area contributed by atoms with Gasteiger partial charge in [-0.25, -0.2) is 9.97 Å². The molecular formula is C13H14N4S. The number of aromatic nitrogens is 3. The number of fused-ring (bicyclic) bond motifs is 1. The quantitative estimate of drug-likeness (QED) is 0.785. The standard InChI is InChI=1S/C13H14N4S/c1-2-17-8-15-11-5-9(3-4-12(11)17)13-16-10(6-14)7-18-13/h3-5,7-8H,2,6,14H2,1H3. The third kappa shape index (κ3) is 1.81. The fourth-order valence-electron chi connectivity index (χ4n) is 1.98. The molecule has 3 rings (SSSR count). The van der Waals surface area contributed by atoms with Gasteiger partial charge in [0.25, 0.3) is 0 Å². The average Bonchev–Trinajstić information content (AvgIpc) is 3.04. The highest BCUT2D eigenvalue weighted by Gasteiger charge is 2.07. The molecular weight excluding hydrogens is 244 g/mol. The summed E-state index contributed by atoms with van der Waals surface area (Å²) in [6.07, 6.45) is 1.88. The van der Waals surface area contributed by atoms with Crippen LogP contribution in [-0.2, 0) is 13.1 Å². The van der Waals surface area contributed by atoms with E-state index in [2.05, 4.69) is 39.7 Å². The fourth-order valence-corrected chi connectivity index (χ4v) is 2.81. The summed E-state index contributed by atoms with van der Waals surface area (Å²) in [5.41, 5.74) is 9.80. The van der Waals surface area contributed by atoms with Crippen LogP contribution in [0.5, 0.6) is 0 Å². The molecule has 0 aliphatic rings. The Morgan fingerprint density at radius 1 is 1.39 bits per heavy atom. The predicted octanol–water partition coefficient (Wildman–Crippen LogP) is 2.64. The first-order valence-electron chi connectivity index (χ1n) is 5.91. The molecule has 0 spiro atoms. The van der Waals surface area contributed by atoms with Gasteiger partial charge in [-0.15, -0.1) is 11.3 Å². The van der Waals surface area contributed by atoms with Crippen LogP contribution in [0.4, 0.5) is 0 Å². The van der Waals surface area contributed by atoms with E-state index >= 15 is 0 Å². The van der Waals surface area contributed by atoms with Crippen molar-refractivity contribution in [3.8, 4) is 10.6 Å². The minimum absolute atomic E-state index is 0.489. The van der Waals surface area contributed by atoms with Crippen LogP contribution >= 0.6 is 11.3 Å². The molecule has 2 aromatic heterocycles. The van der Waals surface area contributed by atoms with E-state index < -0.39 is 0 Å². The summed E-state index contributed by atoms with van der Waals surface area (Å²) in [5.74, 6) is 0. The van der Waals surface area contributed by atoms with Crippen molar-refractivity contribution in [3.05, 3.63) is 35.6 Å². The van der Waals surface area contributed by atoms with Crippen LogP contribution < -0.4 is 5.73 Å². The molecule has 0 radical (unpaired) electrons. The van der Waals surface area contributed by atoms with Crippen molar-refractivity contribution in [1.29, 1.82) is 0 Å². The summed E-state index contributed by atoms with van der Waals surface area (Å²) < 4.78 is 2.13. The second-order valence-corrected chi connectivity index (χ2v) is 4.94. The van der Waals surface area contributed by atoms with E-state index in [9.17, 15) is 0 Å². The number of benzene rings is 1. The lowest BCUT2D eigenvalue weighted by atomic mass is 10.2. The Kier molecular flexibility index (Phi) is 2.85. The van der Waals surface area contributed by atoms with Crippen LogP contribution in [-0.4, -0.2) is 14.5 Å². The fraction of sp³-hybridized carbons (Fsp3) is 0.231. The van der Waals surface area contributed by atoms with Gasteiger partial charge >= 0.3 is 0 Å². The SMILES string of the molecule is CCn1cnc2cc(-c3nc(CN)cs3)ccc21. The number of hydrogen-bond acceptors (Lipinski definition) is 4. The van der Waals surface area contributed by atoms with E-state index in [1.807, 2.05) is 11.7 Å². The summed E-state index contributed by atoms with van der Waals surface area (Å²) in [5, 5.41) is 3.01. The van der Waals surface area contributed by atoms with Crippen LogP contribution in [0.15, 0.2) is 29.9 Å². The van der Waals surface area contributed by atoms with Crippen molar-refractivity contribution in [2.45, 2.75) is 20.0 Å². The molecule has 0 saturated carbocycles. The summed E-state index contributed by atoms with van der Waals surface area (Å²) in [6, 6.07) is 6.28. The maximum absolute atomic E-state index is 5.58. The van der Waals surface area contributed by atoms with Crippen molar-refractivity contribution in [2.75, 3.05) is 0 Å². The van der Waals surface area contributed by atoms with Crippen LogP contribution in [0, 0.1) is 0 Å². The number of thiazole rings is 1. The maximum Gasteiger partial charge on any atom is 0.123 e. The largest absolute Gasteiger partial charge is 0.331 e. The zero-order valence-corrected chi connectivity index (χ0v) is 10.9. The molecule has 92 valence electrons. The molecule has 0 unspecified atom stereocenters. The summed E-state index contributed by atoms with van der Waals surface area (Å²) in [6.45, 7) is 3.54. The van der Waals surface area contributed by atoms with Crippen molar-refractivity contribution in [2.24, 2.45) is 5.73 Å². The highest BCUT2D eigenvalue weighted by molar-refractivity contribution is 7.13. The Balaban J connectivity index is 2.07. The number of imidazole rings is 1. The molecule has 1 aromatic carbocycles. The molecule has 2 heterocycles. The van der Waals surface area contributed by atoms with Gasteiger partial charge in [0.05, 0.1) is 23.1 Å². The molecule has 0 aliphatic heterocycles. The first-order valence-corrected chi connectivity index (χ1v) is 6.79. The summed E-state index contributed by atoms with van der Waals surface area (Å²) in [4.78, 5) is 8.91. The first kappa shape index (κ1) is 11.4. The van der Waals surface area contributed by atoms with Crippen molar-refractivity contribution in [3.63, 3.8) is 0 Å². The maximum atomic E-state index is 5.58. The van der Waals surface area contributed by atoms with Gasteiger partial charge in [0, 0.05) is 24.0 Å². The minimum atomic E-state index is 0.489. The molecule has 0 aliphatic carbocycles. The molecule has 0 bridgehead atoms. The van der Waals surface area contributed by atoms with Gasteiger partial charge in [0.15, 0.2) is 0 Å². The van der Waals surface area contributed by atoms with Gasteiger partial charge in [-0.1, -0.05) is 0 Å². The first-order chi connectivity index (χ1) is 8.81. The molecule has 3 aromatic rings. The van der Waals surface area contributed by atoms with E-state index in [-0.39, 0.29) is 0 Å². The lowest BCUT2D eigenvalue weighted by Gasteiger charge is -2.00. The lowest BCUT2D eigenvalue weighted by molar-refractivity contribution is 0.787. The second kappa shape index (κ2) is 4.51. The molecule has 0 fully saturated rings. The van der Waals surface area contributed by atoms with Crippen LogP contribution in [0.25, 0.3) is 21.6 Å². The smallest absolute Gasteiger partial charge is 0.123 e. The van der Waals surface area contributed by atoms with E-state index in [4.69, 9.17) is 5.73 Å². The Hall–Kier alpha value is -1.72. The molecule has 5 heteroatoms. The third-order valence-electron chi connectivity index (χ3n) is 2.97. The zero-order valence-electron chi connectivity index (χ0n) is 10.1. The lowest BCUT2D eigenvalue weighted by Crippen LogP contribution is -1.95. The summed E-state index contributed by atoms with van der Waals surface area (Å²) in [7, 11) is 0. The molecule has 18 heavy (non-hydrogen) atoms. The van der Waals surface area contributed by atoms with Gasteiger partial charge in [-0.3, -0.25) is 0 Å². The van der Waals surface area contributed by atoms with Gasteiger partial charge in [0.2, 0.25) is 0 Å². The van der Waals surface area contributed by atoms with Crippen LogP contribution in [0.1, 0.15) is 12.6 Å². The van der Waals surface area contributed by atoms with Gasteiger partial charge in [0.1, 0.15) is 5.01 Å². The number of nitrogens with two attached hydrogens (primary N) is 1. The molecule has 0 saturated heterocycles. The monoisotopic (exact) mass is 258 g/mol. The highest BCUT2D eigenvalue weighted by Crippen LogP contribution is 2.26. The van der Waals surface area contributed by atoms with Crippen LogP contribution in [0.2, 0.25) is 0 Å². The Morgan fingerprint density at radius 2 is 2.28 bits per heavy atom. The second-order valence-electron chi connectivity index (χ2n) is 4.08. The van der Waals surface area contributed by atoms with E-state index in [0.717, 1.165) is 33.8 Å². The molecule has 4 nitrogen and oxygen atoms in total. The Labute approximate surface area is 109 Å². The van der Waals surface area contributed by atoms with Crippen molar-refractivity contribution < 1.29 is 0 Å². The van der Waals surface area contributed by atoms with Crippen molar-refractivity contribution >= 4 is 22.4 Å². The van der Waals surface area contributed by atoms with Crippen LogP contribution in [0.3, 0.4) is 0 Å². The third-order valence-corrected chi connectivity index (χ3v) is 3.91. The zero-order chi connectivity index (χ0) is 12.5. The number of hydrogen-bond donors (Lipinski definition) is 1. The molecule has 0 atom stereocenters. The topological polar surface area (TPSA) is 56.7 Å².